The number of hydrogen-bond donors (Lipinski definition) is 1. The van der Waals surface area contributed by atoms with Gasteiger partial charge in [0.2, 0.25) is 11.7 Å². The normalized spacial score (nSPS) is 10.7. The summed E-state index contributed by atoms with van der Waals surface area (Å²) >= 11 is 7.51. The van der Waals surface area contributed by atoms with Crippen molar-refractivity contribution < 1.29 is 18.7 Å². The molecule has 0 spiro atoms. The Kier molecular flexibility index (Phi) is 6.68. The van der Waals surface area contributed by atoms with Crippen LogP contribution in [0.1, 0.15) is 26.8 Å². The standard InChI is InChI=1S/C24H19ClN2O4S/c1-15-6-2-5-9-19(15)27-22(28)12-23-26-16(14-32-23)13-30-24(29)21-11-10-20(31-21)17-7-3-4-8-18(17)25/h2-11,14H,12-13H2,1H3,(H,27,28). The van der Waals surface area contributed by atoms with Gasteiger partial charge in [0, 0.05) is 16.6 Å². The number of carbonyl (C=O) groups is 2. The summed E-state index contributed by atoms with van der Waals surface area (Å²) in [6.07, 6.45) is 0.145. The average molecular weight is 467 g/mol. The number of aromatic nitrogens is 1. The first kappa shape index (κ1) is 21.8. The third-order valence-electron chi connectivity index (χ3n) is 4.63. The topological polar surface area (TPSA) is 81.4 Å². The van der Waals surface area contributed by atoms with Gasteiger partial charge in [0.15, 0.2) is 0 Å². The molecule has 4 aromatic rings. The molecule has 162 valence electrons. The zero-order chi connectivity index (χ0) is 22.5. The van der Waals surface area contributed by atoms with E-state index in [1.807, 2.05) is 49.4 Å². The van der Waals surface area contributed by atoms with Crippen LogP contribution in [-0.2, 0) is 22.6 Å². The predicted octanol–water partition coefficient (Wildman–Crippen LogP) is 5.90. The molecule has 0 aliphatic heterocycles. The maximum atomic E-state index is 12.3. The SMILES string of the molecule is Cc1ccccc1NC(=O)Cc1nc(COC(=O)c2ccc(-c3ccccc3Cl)o2)cs1. The monoisotopic (exact) mass is 466 g/mol. The molecule has 0 saturated carbocycles. The van der Waals surface area contributed by atoms with Crippen LogP contribution in [-0.4, -0.2) is 16.9 Å². The number of amides is 1. The smallest absolute Gasteiger partial charge is 0.374 e. The number of carbonyl (C=O) groups excluding carboxylic acids is 2. The van der Waals surface area contributed by atoms with E-state index in [9.17, 15) is 9.59 Å². The number of halogens is 1. The van der Waals surface area contributed by atoms with Gasteiger partial charge in [-0.1, -0.05) is 41.9 Å². The van der Waals surface area contributed by atoms with Crippen molar-refractivity contribution in [2.24, 2.45) is 0 Å². The molecule has 0 aliphatic rings. The van der Waals surface area contributed by atoms with E-state index in [0.717, 1.165) is 11.3 Å². The van der Waals surface area contributed by atoms with E-state index < -0.39 is 5.97 Å². The molecule has 0 radical (unpaired) electrons. The van der Waals surface area contributed by atoms with Crippen molar-refractivity contribution >= 4 is 40.5 Å². The van der Waals surface area contributed by atoms with Crippen LogP contribution in [0.25, 0.3) is 11.3 Å². The predicted molar refractivity (Wildman–Crippen MR) is 124 cm³/mol. The second kappa shape index (κ2) is 9.80. The first-order chi connectivity index (χ1) is 15.5. The Balaban J connectivity index is 1.31. The quantitative estimate of drug-likeness (QED) is 0.343. The Morgan fingerprint density at radius 2 is 1.88 bits per heavy atom. The van der Waals surface area contributed by atoms with Crippen molar-refractivity contribution in [1.29, 1.82) is 0 Å². The fraction of sp³-hybridized carbons (Fsp3) is 0.125. The molecule has 0 unspecified atom stereocenters. The molecule has 6 nitrogen and oxygen atoms in total. The molecule has 2 aromatic carbocycles. The van der Waals surface area contributed by atoms with Crippen LogP contribution in [0.15, 0.2) is 70.5 Å². The Bertz CT molecular complexity index is 1260. The molecule has 0 aliphatic carbocycles. The van der Waals surface area contributed by atoms with Gasteiger partial charge in [-0.15, -0.1) is 11.3 Å². The third kappa shape index (κ3) is 5.25. The fourth-order valence-corrected chi connectivity index (χ4v) is 4.01. The van der Waals surface area contributed by atoms with Gasteiger partial charge in [-0.3, -0.25) is 4.79 Å². The Morgan fingerprint density at radius 3 is 2.69 bits per heavy atom. The van der Waals surface area contributed by atoms with Crippen LogP contribution in [0.5, 0.6) is 0 Å². The molecular weight excluding hydrogens is 448 g/mol. The lowest BCUT2D eigenvalue weighted by atomic mass is 10.2. The highest BCUT2D eigenvalue weighted by atomic mass is 35.5. The van der Waals surface area contributed by atoms with Gasteiger partial charge in [0.25, 0.3) is 0 Å². The highest BCUT2D eigenvalue weighted by Gasteiger charge is 2.16. The number of ether oxygens (including phenoxy) is 1. The number of nitrogens with zero attached hydrogens (tertiary/aromatic N) is 1. The number of anilines is 1. The van der Waals surface area contributed by atoms with E-state index >= 15 is 0 Å². The maximum absolute atomic E-state index is 12.3. The summed E-state index contributed by atoms with van der Waals surface area (Å²) in [6.45, 7) is 1.92. The molecule has 1 amide bonds. The van der Waals surface area contributed by atoms with Crippen molar-refractivity contribution in [2.45, 2.75) is 20.0 Å². The minimum Gasteiger partial charge on any atom is -0.453 e. The van der Waals surface area contributed by atoms with Gasteiger partial charge in [0.05, 0.1) is 17.1 Å². The number of esters is 1. The van der Waals surface area contributed by atoms with Crippen LogP contribution in [0, 0.1) is 6.92 Å². The van der Waals surface area contributed by atoms with Gasteiger partial charge in [0.1, 0.15) is 17.4 Å². The summed E-state index contributed by atoms with van der Waals surface area (Å²) in [5, 5.41) is 5.82. The van der Waals surface area contributed by atoms with Crippen LogP contribution in [0.4, 0.5) is 5.69 Å². The molecule has 8 heteroatoms. The summed E-state index contributed by atoms with van der Waals surface area (Å²) in [7, 11) is 0. The van der Waals surface area contributed by atoms with Crippen LogP contribution < -0.4 is 5.32 Å². The maximum Gasteiger partial charge on any atom is 0.374 e. The number of hydrogen-bond acceptors (Lipinski definition) is 6. The van der Waals surface area contributed by atoms with Crippen molar-refractivity contribution in [3.8, 4) is 11.3 Å². The zero-order valence-electron chi connectivity index (χ0n) is 17.1. The number of aryl methyl sites for hydroxylation is 1. The van der Waals surface area contributed by atoms with Crippen molar-refractivity contribution in [3.05, 3.63) is 93.1 Å². The van der Waals surface area contributed by atoms with E-state index in [1.54, 1.807) is 23.6 Å². The second-order valence-electron chi connectivity index (χ2n) is 6.99. The Hall–Kier alpha value is -3.42. The molecule has 2 heterocycles. The van der Waals surface area contributed by atoms with Crippen LogP contribution >= 0.6 is 22.9 Å². The Labute approximate surface area is 193 Å². The summed E-state index contributed by atoms with van der Waals surface area (Å²) in [5.41, 5.74) is 3.03. The lowest BCUT2D eigenvalue weighted by Gasteiger charge is -2.06. The van der Waals surface area contributed by atoms with Gasteiger partial charge in [-0.05, 0) is 42.8 Å². The second-order valence-corrected chi connectivity index (χ2v) is 8.34. The van der Waals surface area contributed by atoms with Gasteiger partial charge in [-0.25, -0.2) is 9.78 Å². The van der Waals surface area contributed by atoms with E-state index in [1.165, 1.54) is 11.3 Å². The summed E-state index contributed by atoms with van der Waals surface area (Å²) in [6, 6.07) is 18.0. The molecule has 32 heavy (non-hydrogen) atoms. The number of benzene rings is 2. The van der Waals surface area contributed by atoms with E-state index in [-0.39, 0.29) is 24.7 Å². The average Bonchev–Trinajstić information content (AvgIpc) is 3.44. The van der Waals surface area contributed by atoms with Gasteiger partial charge < -0.3 is 14.5 Å². The summed E-state index contributed by atoms with van der Waals surface area (Å²) in [4.78, 5) is 29.0. The zero-order valence-corrected chi connectivity index (χ0v) is 18.7. The molecule has 1 N–H and O–H groups in total. The number of rotatable bonds is 7. The lowest BCUT2D eigenvalue weighted by molar-refractivity contribution is -0.115. The fourth-order valence-electron chi connectivity index (χ4n) is 3.01. The first-order valence-corrected chi connectivity index (χ1v) is 11.1. The van der Waals surface area contributed by atoms with Crippen molar-refractivity contribution in [1.82, 2.24) is 4.98 Å². The lowest BCUT2D eigenvalue weighted by Crippen LogP contribution is -2.15. The number of para-hydroxylation sites is 1. The molecule has 0 atom stereocenters. The Morgan fingerprint density at radius 1 is 1.09 bits per heavy atom. The molecule has 0 fully saturated rings. The molecule has 0 saturated heterocycles. The highest BCUT2D eigenvalue weighted by Crippen LogP contribution is 2.29. The summed E-state index contributed by atoms with van der Waals surface area (Å²) < 4.78 is 10.9. The van der Waals surface area contributed by atoms with E-state index in [0.29, 0.717) is 27.0 Å². The number of furan rings is 1. The van der Waals surface area contributed by atoms with E-state index in [4.69, 9.17) is 20.8 Å². The first-order valence-electron chi connectivity index (χ1n) is 9.80. The highest BCUT2D eigenvalue weighted by molar-refractivity contribution is 7.09. The van der Waals surface area contributed by atoms with Crippen LogP contribution in [0.3, 0.4) is 0 Å². The van der Waals surface area contributed by atoms with E-state index in [2.05, 4.69) is 10.3 Å². The molecule has 2 aromatic heterocycles. The van der Waals surface area contributed by atoms with Crippen LogP contribution in [0.2, 0.25) is 5.02 Å². The molecule has 4 rings (SSSR count). The number of thiazole rings is 1. The largest absolute Gasteiger partial charge is 0.453 e. The van der Waals surface area contributed by atoms with Gasteiger partial charge >= 0.3 is 5.97 Å². The number of nitrogens with one attached hydrogen (secondary N) is 1. The minimum absolute atomic E-state index is 0.0170. The minimum atomic E-state index is -0.602. The van der Waals surface area contributed by atoms with Gasteiger partial charge in [-0.2, -0.15) is 0 Å². The van der Waals surface area contributed by atoms with Crippen molar-refractivity contribution in [2.75, 3.05) is 5.32 Å². The molecular formula is C24H19ClN2O4S. The third-order valence-corrected chi connectivity index (χ3v) is 5.86. The molecule has 0 bridgehead atoms. The summed E-state index contributed by atoms with van der Waals surface area (Å²) in [5.74, 6) is -0.193. The van der Waals surface area contributed by atoms with Crippen molar-refractivity contribution in [3.63, 3.8) is 0 Å².